The van der Waals surface area contributed by atoms with Gasteiger partial charge in [0.05, 0.1) is 11.0 Å². The first-order valence-electron chi connectivity index (χ1n) is 7.60. The van der Waals surface area contributed by atoms with Crippen molar-refractivity contribution in [2.45, 2.75) is 13.0 Å². The van der Waals surface area contributed by atoms with Crippen LogP contribution in [0.4, 0.5) is 10.5 Å². The quantitative estimate of drug-likeness (QED) is 0.508. The van der Waals surface area contributed by atoms with E-state index in [1.807, 2.05) is 0 Å². The lowest BCUT2D eigenvalue weighted by molar-refractivity contribution is -0.384. The van der Waals surface area contributed by atoms with Gasteiger partial charge in [-0.15, -0.1) is 0 Å². The van der Waals surface area contributed by atoms with Gasteiger partial charge in [-0.2, -0.15) is 0 Å². The molecule has 0 saturated heterocycles. The number of carbonyl (C=O) groups is 2. The van der Waals surface area contributed by atoms with E-state index in [0.29, 0.717) is 22.4 Å². The van der Waals surface area contributed by atoms with Crippen LogP contribution in [0, 0.1) is 10.1 Å². The highest BCUT2D eigenvalue weighted by Gasteiger charge is 2.32. The molecule has 1 aliphatic rings. The molecule has 1 atom stereocenters. The monoisotopic (exact) mass is 337 g/mol. The van der Waals surface area contributed by atoms with Gasteiger partial charge in [-0.1, -0.05) is 42.5 Å². The van der Waals surface area contributed by atoms with Crippen molar-refractivity contribution in [2.75, 3.05) is 0 Å². The molecule has 126 valence electrons. The Morgan fingerprint density at radius 3 is 2.52 bits per heavy atom. The summed E-state index contributed by atoms with van der Waals surface area (Å²) in [6, 6.07) is 13.4. The van der Waals surface area contributed by atoms with Gasteiger partial charge in [0.25, 0.3) is 5.69 Å². The summed E-state index contributed by atoms with van der Waals surface area (Å²) in [6.45, 7) is 1.64. The van der Waals surface area contributed by atoms with Crippen LogP contribution in [-0.4, -0.2) is 16.7 Å². The number of hydrogen-bond acceptors (Lipinski definition) is 4. The van der Waals surface area contributed by atoms with Gasteiger partial charge in [0.15, 0.2) is 5.78 Å². The van der Waals surface area contributed by atoms with Crippen molar-refractivity contribution in [3.63, 3.8) is 0 Å². The molecule has 3 rings (SSSR count). The molecule has 0 spiro atoms. The second-order valence-corrected chi connectivity index (χ2v) is 5.62. The van der Waals surface area contributed by atoms with Crippen LogP contribution < -0.4 is 10.6 Å². The Labute approximate surface area is 143 Å². The Hall–Kier alpha value is -3.48. The van der Waals surface area contributed by atoms with E-state index < -0.39 is 17.0 Å². The number of nitrogens with zero attached hydrogens (tertiary/aromatic N) is 1. The number of nitrogens with one attached hydrogen (secondary N) is 2. The van der Waals surface area contributed by atoms with Crippen LogP contribution >= 0.6 is 0 Å². The van der Waals surface area contributed by atoms with Crippen LogP contribution in [-0.2, 0) is 0 Å². The van der Waals surface area contributed by atoms with Crippen molar-refractivity contribution in [3.05, 3.63) is 87.1 Å². The molecular formula is C18H15N3O4. The third-order valence-electron chi connectivity index (χ3n) is 3.96. The van der Waals surface area contributed by atoms with E-state index in [0.717, 1.165) is 0 Å². The van der Waals surface area contributed by atoms with E-state index in [-0.39, 0.29) is 11.5 Å². The van der Waals surface area contributed by atoms with Crippen molar-refractivity contribution < 1.29 is 14.5 Å². The van der Waals surface area contributed by atoms with Crippen molar-refractivity contribution in [2.24, 2.45) is 0 Å². The van der Waals surface area contributed by atoms with E-state index in [1.165, 1.54) is 18.2 Å². The molecule has 0 fully saturated rings. The van der Waals surface area contributed by atoms with Crippen molar-refractivity contribution in [3.8, 4) is 0 Å². The lowest BCUT2D eigenvalue weighted by atomic mass is 9.89. The number of Topliss-reactive ketones (excluding diaryl/α,β-unsaturated/α-hetero) is 1. The predicted molar refractivity (Wildman–Crippen MR) is 91.0 cm³/mol. The number of carbonyl (C=O) groups excluding carboxylic acids is 2. The van der Waals surface area contributed by atoms with Gasteiger partial charge >= 0.3 is 6.03 Å². The minimum absolute atomic E-state index is 0.102. The number of nitro benzene ring substituents is 1. The summed E-state index contributed by atoms with van der Waals surface area (Å²) < 4.78 is 0. The van der Waals surface area contributed by atoms with Crippen LogP contribution in [0.1, 0.15) is 28.9 Å². The molecule has 25 heavy (non-hydrogen) atoms. The fourth-order valence-corrected chi connectivity index (χ4v) is 2.81. The van der Waals surface area contributed by atoms with Gasteiger partial charge in [-0.05, 0) is 12.5 Å². The topological polar surface area (TPSA) is 101 Å². The molecule has 0 saturated carbocycles. The van der Waals surface area contributed by atoms with Crippen LogP contribution in [0.3, 0.4) is 0 Å². The van der Waals surface area contributed by atoms with E-state index in [9.17, 15) is 19.7 Å². The van der Waals surface area contributed by atoms with E-state index in [1.54, 1.807) is 43.3 Å². The maximum atomic E-state index is 12.9. The summed E-state index contributed by atoms with van der Waals surface area (Å²) in [4.78, 5) is 35.3. The van der Waals surface area contributed by atoms with Gasteiger partial charge < -0.3 is 10.6 Å². The summed E-state index contributed by atoms with van der Waals surface area (Å²) >= 11 is 0. The Bertz CT molecular complexity index is 890. The average molecular weight is 337 g/mol. The highest BCUT2D eigenvalue weighted by Crippen LogP contribution is 2.31. The van der Waals surface area contributed by atoms with Crippen LogP contribution in [0.15, 0.2) is 65.9 Å². The number of rotatable bonds is 4. The molecule has 0 radical (unpaired) electrons. The summed E-state index contributed by atoms with van der Waals surface area (Å²) in [7, 11) is 0. The molecule has 7 nitrogen and oxygen atoms in total. The lowest BCUT2D eigenvalue weighted by Crippen LogP contribution is -2.45. The largest absolute Gasteiger partial charge is 0.327 e. The SMILES string of the molecule is CC1=C(C(=O)c2ccccc2)[C@@H](c2cccc([N+](=O)[O-])c2)NC(=O)N1. The first kappa shape index (κ1) is 16.4. The van der Waals surface area contributed by atoms with Crippen LogP contribution in [0.2, 0.25) is 0 Å². The zero-order valence-electron chi connectivity index (χ0n) is 13.4. The maximum Gasteiger partial charge on any atom is 0.319 e. The third-order valence-corrected chi connectivity index (χ3v) is 3.96. The summed E-state index contributed by atoms with van der Waals surface area (Å²) in [6.07, 6.45) is 0. The van der Waals surface area contributed by atoms with Crippen LogP contribution in [0.5, 0.6) is 0 Å². The number of nitro groups is 1. The Balaban J connectivity index is 2.08. The molecule has 0 aromatic heterocycles. The molecule has 7 heteroatoms. The van der Waals surface area contributed by atoms with Crippen molar-refractivity contribution in [1.82, 2.24) is 10.6 Å². The summed E-state index contributed by atoms with van der Waals surface area (Å²) in [5.41, 5.74) is 1.63. The van der Waals surface area contributed by atoms with Gasteiger partial charge in [0, 0.05) is 29.0 Å². The van der Waals surface area contributed by atoms with E-state index in [2.05, 4.69) is 10.6 Å². The van der Waals surface area contributed by atoms with Gasteiger partial charge in [0.2, 0.25) is 0 Å². The minimum Gasteiger partial charge on any atom is -0.327 e. The lowest BCUT2D eigenvalue weighted by Gasteiger charge is -2.28. The van der Waals surface area contributed by atoms with Crippen molar-refractivity contribution in [1.29, 1.82) is 0 Å². The number of hydrogen-bond donors (Lipinski definition) is 2. The standard InChI is InChI=1S/C18H15N3O4/c1-11-15(17(22)12-6-3-2-4-7-12)16(20-18(23)19-11)13-8-5-9-14(10-13)21(24)25/h2-10,16H,1H3,(H2,19,20,23)/t16-/m1/s1. The first-order chi connectivity index (χ1) is 12.0. The number of allylic oxidation sites excluding steroid dienone is 1. The highest BCUT2D eigenvalue weighted by molar-refractivity contribution is 6.11. The van der Waals surface area contributed by atoms with E-state index >= 15 is 0 Å². The molecule has 2 aromatic carbocycles. The zero-order chi connectivity index (χ0) is 18.0. The molecule has 2 N–H and O–H groups in total. The molecule has 0 unspecified atom stereocenters. The second-order valence-electron chi connectivity index (χ2n) is 5.62. The minimum atomic E-state index is -0.763. The van der Waals surface area contributed by atoms with Crippen molar-refractivity contribution >= 4 is 17.5 Å². The molecule has 2 aromatic rings. The highest BCUT2D eigenvalue weighted by atomic mass is 16.6. The van der Waals surface area contributed by atoms with Crippen LogP contribution in [0.25, 0.3) is 0 Å². The molecule has 0 aliphatic carbocycles. The summed E-state index contributed by atoms with van der Waals surface area (Å²) in [5.74, 6) is -0.248. The molecule has 0 bridgehead atoms. The fourth-order valence-electron chi connectivity index (χ4n) is 2.81. The molecule has 2 amide bonds. The Morgan fingerprint density at radius 1 is 1.12 bits per heavy atom. The number of non-ortho nitro benzene ring substituents is 1. The van der Waals surface area contributed by atoms with Gasteiger partial charge in [0.1, 0.15) is 0 Å². The zero-order valence-corrected chi connectivity index (χ0v) is 13.4. The number of amides is 2. The van der Waals surface area contributed by atoms with Gasteiger partial charge in [-0.25, -0.2) is 4.79 Å². The molecule has 1 heterocycles. The second kappa shape index (κ2) is 6.56. The molecule has 1 aliphatic heterocycles. The van der Waals surface area contributed by atoms with E-state index in [4.69, 9.17) is 0 Å². The summed E-state index contributed by atoms with van der Waals surface area (Å²) in [5, 5.41) is 16.3. The maximum absolute atomic E-state index is 12.9. The average Bonchev–Trinajstić information content (AvgIpc) is 2.61. The normalized spacial score (nSPS) is 16.8. The molecular weight excluding hydrogens is 322 g/mol. The number of urea groups is 1. The van der Waals surface area contributed by atoms with Gasteiger partial charge in [-0.3, -0.25) is 14.9 Å². The first-order valence-corrected chi connectivity index (χ1v) is 7.60. The number of benzene rings is 2. The third kappa shape index (κ3) is 3.25. The Kier molecular flexibility index (Phi) is 4.30. The smallest absolute Gasteiger partial charge is 0.319 e. The predicted octanol–water partition coefficient (Wildman–Crippen LogP) is 3.11. The Morgan fingerprint density at radius 2 is 1.84 bits per heavy atom. The fraction of sp³-hybridized carbons (Fsp3) is 0.111. The number of ketones is 1.